The first-order chi connectivity index (χ1) is 11.1. The van der Waals surface area contributed by atoms with E-state index >= 15 is 0 Å². The van der Waals surface area contributed by atoms with Crippen molar-refractivity contribution in [3.05, 3.63) is 5.82 Å². The third kappa shape index (κ3) is 3.72. The topological polar surface area (TPSA) is 120 Å². The number of aromatic nitrogens is 3. The number of carbonyl (C=O) groups is 2. The van der Waals surface area contributed by atoms with E-state index in [0.717, 1.165) is 38.8 Å². The molecule has 2 fully saturated rings. The Morgan fingerprint density at radius 2 is 1.96 bits per heavy atom. The molecule has 0 aliphatic carbocycles. The fourth-order valence-corrected chi connectivity index (χ4v) is 3.22. The first-order valence-electron chi connectivity index (χ1n) is 8.12. The Hall–Kier alpha value is -2.32. The number of amides is 3. The van der Waals surface area contributed by atoms with Crippen molar-refractivity contribution in [2.45, 2.75) is 32.2 Å². The Labute approximate surface area is 134 Å². The van der Waals surface area contributed by atoms with Crippen molar-refractivity contribution in [1.82, 2.24) is 30.3 Å². The van der Waals surface area contributed by atoms with Crippen LogP contribution in [0.5, 0.6) is 0 Å². The predicted octanol–water partition coefficient (Wildman–Crippen LogP) is -0.0691. The number of hydrogen-bond donors (Lipinski definition) is 3. The van der Waals surface area contributed by atoms with E-state index in [-0.39, 0.29) is 30.3 Å². The molecule has 0 aromatic carbocycles. The van der Waals surface area contributed by atoms with Crippen molar-refractivity contribution < 1.29 is 9.59 Å². The lowest BCUT2D eigenvalue weighted by atomic mass is 9.97. The molecule has 126 valence electrons. The van der Waals surface area contributed by atoms with Crippen LogP contribution >= 0.6 is 0 Å². The molecule has 0 radical (unpaired) electrons. The second-order valence-electron chi connectivity index (χ2n) is 6.12. The maximum absolute atomic E-state index is 12.5. The molecule has 0 bridgehead atoms. The average molecular weight is 321 g/mol. The number of carbonyl (C=O) groups excluding carboxylic acids is 2. The van der Waals surface area contributed by atoms with Gasteiger partial charge in [0.2, 0.25) is 11.9 Å². The van der Waals surface area contributed by atoms with Crippen LogP contribution in [-0.2, 0) is 11.3 Å². The molecule has 9 heteroatoms. The molecule has 0 spiro atoms. The average Bonchev–Trinajstić information content (AvgIpc) is 3.23. The largest absolute Gasteiger partial charge is 0.367 e. The van der Waals surface area contributed by atoms with E-state index in [0.29, 0.717) is 18.9 Å². The van der Waals surface area contributed by atoms with Crippen molar-refractivity contribution in [1.29, 1.82) is 0 Å². The molecule has 3 rings (SSSR count). The molecular weight excluding hydrogens is 298 g/mol. The number of anilines is 1. The van der Waals surface area contributed by atoms with Crippen molar-refractivity contribution in [3.8, 4) is 0 Å². The maximum atomic E-state index is 12.5. The lowest BCUT2D eigenvalue weighted by Gasteiger charge is -2.33. The molecule has 3 amide bonds. The second kappa shape index (κ2) is 6.84. The number of H-pyrrole nitrogens is 1. The number of hydrogen-bond acceptors (Lipinski definition) is 5. The number of nitrogens with zero attached hydrogens (tertiary/aromatic N) is 4. The number of aromatic amines is 1. The van der Waals surface area contributed by atoms with Crippen molar-refractivity contribution in [2.24, 2.45) is 5.92 Å². The summed E-state index contributed by atoms with van der Waals surface area (Å²) in [5.41, 5.74) is 5.42. The van der Waals surface area contributed by atoms with Crippen LogP contribution in [0.25, 0.3) is 0 Å². The SMILES string of the molecule is Nc1n[nH]c(CNC(=O)N2CCC[C@H](C(=O)N3CCCC3)C2)n1. The highest BCUT2D eigenvalue weighted by Gasteiger charge is 2.32. The number of piperidine rings is 1. The summed E-state index contributed by atoms with van der Waals surface area (Å²) in [5.74, 6) is 0.789. The summed E-state index contributed by atoms with van der Waals surface area (Å²) in [6.45, 7) is 3.11. The summed E-state index contributed by atoms with van der Waals surface area (Å²) >= 11 is 0. The summed E-state index contributed by atoms with van der Waals surface area (Å²) < 4.78 is 0. The van der Waals surface area contributed by atoms with Gasteiger partial charge in [0.05, 0.1) is 12.5 Å². The molecule has 0 saturated carbocycles. The quantitative estimate of drug-likeness (QED) is 0.720. The van der Waals surface area contributed by atoms with Crippen LogP contribution in [0.15, 0.2) is 0 Å². The Morgan fingerprint density at radius 1 is 1.22 bits per heavy atom. The van der Waals surface area contributed by atoms with Gasteiger partial charge in [-0.25, -0.2) is 4.79 Å². The standard InChI is InChI=1S/C14H23N7O2/c15-13-17-11(18-19-13)8-16-14(23)21-7-3-4-10(9-21)12(22)20-5-1-2-6-20/h10H,1-9H2,(H,16,23)(H3,15,17,18,19)/t10-/m0/s1. The number of nitrogen functional groups attached to an aromatic ring is 1. The monoisotopic (exact) mass is 321 g/mol. The highest BCUT2D eigenvalue weighted by Crippen LogP contribution is 2.21. The zero-order chi connectivity index (χ0) is 16.2. The highest BCUT2D eigenvalue weighted by atomic mass is 16.2. The van der Waals surface area contributed by atoms with Crippen LogP contribution in [0.2, 0.25) is 0 Å². The molecule has 4 N–H and O–H groups in total. The lowest BCUT2D eigenvalue weighted by molar-refractivity contribution is -0.135. The van der Waals surface area contributed by atoms with Crippen LogP contribution in [0, 0.1) is 5.92 Å². The fourth-order valence-electron chi connectivity index (χ4n) is 3.22. The van der Waals surface area contributed by atoms with Gasteiger partial charge in [0.25, 0.3) is 0 Å². The van der Waals surface area contributed by atoms with Crippen molar-refractivity contribution in [2.75, 3.05) is 31.9 Å². The number of likely N-dealkylation sites (tertiary alicyclic amines) is 2. The predicted molar refractivity (Wildman–Crippen MR) is 83.1 cm³/mol. The van der Waals surface area contributed by atoms with E-state index in [1.54, 1.807) is 4.90 Å². The molecule has 2 saturated heterocycles. The molecular formula is C14H23N7O2. The van der Waals surface area contributed by atoms with Crippen LogP contribution in [0.1, 0.15) is 31.5 Å². The van der Waals surface area contributed by atoms with Crippen LogP contribution < -0.4 is 11.1 Å². The third-order valence-corrected chi connectivity index (χ3v) is 4.43. The summed E-state index contributed by atoms with van der Waals surface area (Å²) in [5, 5.41) is 9.14. The van der Waals surface area contributed by atoms with Crippen molar-refractivity contribution >= 4 is 17.9 Å². The minimum Gasteiger partial charge on any atom is -0.367 e. The Bertz CT molecular complexity index is 567. The minimum atomic E-state index is -0.182. The van der Waals surface area contributed by atoms with Gasteiger partial charge in [0.15, 0.2) is 0 Å². The number of nitrogens with one attached hydrogen (secondary N) is 2. The number of rotatable bonds is 3. The molecule has 23 heavy (non-hydrogen) atoms. The second-order valence-corrected chi connectivity index (χ2v) is 6.12. The molecule has 1 aromatic heterocycles. The van der Waals surface area contributed by atoms with E-state index in [1.807, 2.05) is 4.90 Å². The van der Waals surface area contributed by atoms with Gasteiger partial charge in [-0.05, 0) is 25.7 Å². The smallest absolute Gasteiger partial charge is 0.317 e. The highest BCUT2D eigenvalue weighted by molar-refractivity contribution is 5.81. The lowest BCUT2D eigenvalue weighted by Crippen LogP contribution is -2.49. The maximum Gasteiger partial charge on any atom is 0.317 e. The molecule has 1 aromatic rings. The first-order valence-corrected chi connectivity index (χ1v) is 8.12. The number of nitrogens with two attached hydrogens (primary N) is 1. The van der Waals surface area contributed by atoms with Gasteiger partial charge >= 0.3 is 6.03 Å². The fraction of sp³-hybridized carbons (Fsp3) is 0.714. The van der Waals surface area contributed by atoms with E-state index in [4.69, 9.17) is 5.73 Å². The van der Waals surface area contributed by atoms with Gasteiger partial charge in [-0.15, -0.1) is 5.10 Å². The van der Waals surface area contributed by atoms with Gasteiger partial charge in [-0.2, -0.15) is 4.98 Å². The molecule has 2 aliphatic rings. The minimum absolute atomic E-state index is 0.0754. The van der Waals surface area contributed by atoms with Gasteiger partial charge in [0.1, 0.15) is 5.82 Å². The summed E-state index contributed by atoms with van der Waals surface area (Å²) in [6, 6.07) is -0.182. The van der Waals surface area contributed by atoms with Gasteiger partial charge < -0.3 is 20.9 Å². The van der Waals surface area contributed by atoms with Crippen molar-refractivity contribution in [3.63, 3.8) is 0 Å². The normalized spacial score (nSPS) is 21.5. The molecule has 1 atom stereocenters. The van der Waals surface area contributed by atoms with Crippen LogP contribution in [0.4, 0.5) is 10.7 Å². The summed E-state index contributed by atoms with van der Waals surface area (Å²) in [4.78, 5) is 32.3. The van der Waals surface area contributed by atoms with E-state index in [2.05, 4.69) is 20.5 Å². The van der Waals surface area contributed by atoms with Crippen LogP contribution in [-0.4, -0.2) is 63.1 Å². The zero-order valence-electron chi connectivity index (χ0n) is 13.1. The van der Waals surface area contributed by atoms with E-state index in [9.17, 15) is 9.59 Å². The summed E-state index contributed by atoms with van der Waals surface area (Å²) in [6.07, 6.45) is 3.89. The molecule has 2 aliphatic heterocycles. The Morgan fingerprint density at radius 3 is 2.65 bits per heavy atom. The molecule has 0 unspecified atom stereocenters. The van der Waals surface area contributed by atoms with Gasteiger partial charge in [0, 0.05) is 26.2 Å². The first kappa shape index (κ1) is 15.6. The summed E-state index contributed by atoms with van der Waals surface area (Å²) in [7, 11) is 0. The van der Waals surface area contributed by atoms with Gasteiger partial charge in [-0.1, -0.05) is 0 Å². The zero-order valence-corrected chi connectivity index (χ0v) is 13.1. The Kier molecular flexibility index (Phi) is 4.63. The molecule has 3 heterocycles. The Balaban J connectivity index is 1.50. The van der Waals surface area contributed by atoms with Crippen LogP contribution in [0.3, 0.4) is 0 Å². The van der Waals surface area contributed by atoms with E-state index in [1.165, 1.54) is 0 Å². The number of urea groups is 1. The molecule has 9 nitrogen and oxygen atoms in total. The van der Waals surface area contributed by atoms with Gasteiger partial charge in [-0.3, -0.25) is 9.89 Å². The third-order valence-electron chi connectivity index (χ3n) is 4.43. The van der Waals surface area contributed by atoms with E-state index < -0.39 is 0 Å².